The molecule has 0 aromatic carbocycles. The molecule has 57 heavy (non-hydrogen) atoms. The van der Waals surface area contributed by atoms with E-state index in [2.05, 4.69) is 185 Å². The highest BCUT2D eigenvalue weighted by molar-refractivity contribution is 7.65. The fourth-order valence-corrected chi connectivity index (χ4v) is 233. The van der Waals surface area contributed by atoms with Crippen molar-refractivity contribution >= 4 is 94.8 Å². The van der Waals surface area contributed by atoms with E-state index in [-0.39, 0.29) is 0 Å². The van der Waals surface area contributed by atoms with E-state index in [4.69, 9.17) is 0 Å². The van der Waals surface area contributed by atoms with Gasteiger partial charge in [-0.25, -0.2) is 0 Å². The summed E-state index contributed by atoms with van der Waals surface area (Å²) in [5.74, 6) is 3.85. The van der Waals surface area contributed by atoms with Crippen LogP contribution in [-0.4, -0.2) is 100 Å². The molecule has 0 amide bonds. The minimum Gasteiger partial charge on any atom is -0.553 e. The Morgan fingerprint density at radius 3 is 0.807 bits per heavy atom. The molecule has 4 fully saturated rings. The van der Waals surface area contributed by atoms with Crippen molar-refractivity contribution in [1.29, 1.82) is 0 Å². The average molecular weight is 986 g/mol. The van der Waals surface area contributed by atoms with Crippen molar-refractivity contribution in [2.75, 3.05) is 0 Å². The van der Waals surface area contributed by atoms with Crippen molar-refractivity contribution in [3.05, 3.63) is 0 Å². The van der Waals surface area contributed by atoms with Crippen molar-refractivity contribution < 1.29 is 4.43 Å². The van der Waals surface area contributed by atoms with E-state index < -0.39 is 94.8 Å². The fraction of sp³-hybridized carbons (Fsp3) is 1.00. The maximum Gasteiger partial charge on any atom is 0.183 e. The zero-order chi connectivity index (χ0) is 44.7. The van der Waals surface area contributed by atoms with Crippen LogP contribution in [0.3, 0.4) is 0 Å². The molecule has 334 valence electrons. The van der Waals surface area contributed by atoms with Gasteiger partial charge in [-0.2, -0.15) is 0 Å². The fourth-order valence-electron chi connectivity index (χ4n) is 19.4. The van der Waals surface area contributed by atoms with Crippen LogP contribution in [0.2, 0.25) is 187 Å². The molecule has 4 bridgehead atoms. The largest absolute Gasteiger partial charge is 0.553 e. The second-order valence-electron chi connectivity index (χ2n) is 30.7. The van der Waals surface area contributed by atoms with Gasteiger partial charge in [0.1, 0.15) is 7.59 Å². The van der Waals surface area contributed by atoms with Crippen LogP contribution in [-0.2, 0) is 4.43 Å². The monoisotopic (exact) mass is 985 g/mol. The summed E-state index contributed by atoms with van der Waals surface area (Å²) < 4.78 is 9.19. The third-order valence-electron chi connectivity index (χ3n) is 16.8. The molecule has 1 nitrogen and oxygen atoms in total. The first-order valence-corrected chi connectivity index (χ1v) is 63.4. The molecule has 4 aliphatic carbocycles. The van der Waals surface area contributed by atoms with Gasteiger partial charge in [-0.3, -0.25) is 0 Å². The summed E-state index contributed by atoms with van der Waals surface area (Å²) in [7, 11) is -19.1. The minimum absolute atomic E-state index is 0.317. The lowest BCUT2D eigenvalue weighted by atomic mass is 9.54. The summed E-state index contributed by atoms with van der Waals surface area (Å²) >= 11 is 0. The first-order valence-electron chi connectivity index (χ1n) is 24.4. The van der Waals surface area contributed by atoms with E-state index in [0.29, 0.717) is 5.22 Å². The van der Waals surface area contributed by atoms with Gasteiger partial charge in [-0.15, -0.1) is 0 Å². The van der Waals surface area contributed by atoms with E-state index in [1.807, 2.05) is 0 Å². The molecule has 5 aliphatic rings. The van der Waals surface area contributed by atoms with Crippen LogP contribution in [0.25, 0.3) is 0 Å². The first-order chi connectivity index (χ1) is 25.0. The zero-order valence-electron chi connectivity index (χ0n) is 44.2. The van der Waals surface area contributed by atoms with Gasteiger partial charge in [-0.05, 0) is 61.3 Å². The highest BCUT2D eigenvalue weighted by Crippen LogP contribution is 2.69. The van der Waals surface area contributed by atoms with Crippen LogP contribution >= 0.6 is 0 Å². The Balaban J connectivity index is 2.57. The third-order valence-corrected chi connectivity index (χ3v) is 133. The van der Waals surface area contributed by atoms with E-state index in [9.17, 15) is 4.43 Å². The van der Waals surface area contributed by atoms with Crippen LogP contribution in [0.15, 0.2) is 0 Å². The van der Waals surface area contributed by atoms with Crippen molar-refractivity contribution in [1.82, 2.24) is 0 Å². The smallest absolute Gasteiger partial charge is 0.183 e. The van der Waals surface area contributed by atoms with Gasteiger partial charge >= 0.3 is 0 Å². The van der Waals surface area contributed by atoms with Crippen LogP contribution < -0.4 is 0 Å². The lowest BCUT2D eigenvalue weighted by molar-refractivity contribution is -0.115. The Hall–Kier alpha value is 2.40. The third kappa shape index (κ3) is 8.79. The standard InChI is InChI=1S/C44H104OSi12/c1-34(2)56(40(48(5,6)7)49(8,9)10,41(50(11,12)13)51(14,15)16)46-44(38-30-36-29-37(32-38)33-39(44)31-36)45-47(46)57(35(3)4,42(52(17,18)19)53(20,21)22)43(54(23,24)25)55(26,27)28/h34-43H,29-33H2,1-28H3. The van der Waals surface area contributed by atoms with Crippen LogP contribution in [0.1, 0.15) is 59.8 Å². The van der Waals surface area contributed by atoms with Crippen molar-refractivity contribution in [3.8, 4) is 0 Å². The lowest BCUT2D eigenvalue weighted by Crippen LogP contribution is -2.91. The number of hydrogen-bond donors (Lipinski definition) is 0. The Bertz CT molecular complexity index is 1350. The van der Waals surface area contributed by atoms with E-state index in [0.717, 1.165) is 53.9 Å². The molecule has 1 heterocycles. The summed E-state index contributed by atoms with van der Waals surface area (Å²) in [5.41, 5.74) is 1.74. The number of rotatable bonds is 16. The van der Waals surface area contributed by atoms with E-state index >= 15 is 0 Å². The lowest BCUT2D eigenvalue weighted by Gasteiger charge is -2.75. The second-order valence-corrected chi connectivity index (χ2v) is 105. The summed E-state index contributed by atoms with van der Waals surface area (Å²) in [6.45, 7) is 82.3. The van der Waals surface area contributed by atoms with Crippen LogP contribution in [0.5, 0.6) is 0 Å². The molecule has 0 radical (unpaired) electrons. The average Bonchev–Trinajstić information content (AvgIpc) is 2.84. The highest BCUT2D eigenvalue weighted by Gasteiger charge is 2.79. The summed E-state index contributed by atoms with van der Waals surface area (Å²) in [4.78, 5) is 4.30. The molecule has 0 atom stereocenters. The first kappa shape index (κ1) is 52.0. The molecule has 5 rings (SSSR count). The van der Waals surface area contributed by atoms with Gasteiger partial charge in [-0.1, -0.05) is 210 Å². The predicted octanol–water partition coefficient (Wildman–Crippen LogP) is 15.7. The van der Waals surface area contributed by atoms with E-state index in [1.165, 1.54) is 0 Å². The van der Waals surface area contributed by atoms with Gasteiger partial charge in [0.2, 0.25) is 0 Å². The summed E-state index contributed by atoms with van der Waals surface area (Å²) in [6, 6.07) is 0. The van der Waals surface area contributed by atoms with Gasteiger partial charge in [0.25, 0.3) is 0 Å². The van der Waals surface area contributed by atoms with Gasteiger partial charge in [0, 0.05) is 64.6 Å². The summed E-state index contributed by atoms with van der Waals surface area (Å²) in [6.07, 6.45) is 7.80. The minimum atomic E-state index is -2.13. The molecule has 4 saturated carbocycles. The Labute approximate surface area is 372 Å². The molecule has 13 heteroatoms. The van der Waals surface area contributed by atoms with Crippen molar-refractivity contribution in [2.45, 2.75) is 252 Å². The molecule has 1 aliphatic heterocycles. The van der Waals surface area contributed by atoms with Gasteiger partial charge < -0.3 is 4.43 Å². The molecule has 1 spiro atoms. The maximum atomic E-state index is 9.19. The molecule has 0 saturated heterocycles. The normalized spacial score (nSPS) is 27.3. The maximum absolute atomic E-state index is 9.19. The van der Waals surface area contributed by atoms with Gasteiger partial charge in [0.05, 0.1) is 20.2 Å². The topological polar surface area (TPSA) is 9.23 Å². The molecular formula is C44H104OSi12. The molecular weight excluding hydrogens is 882 g/mol. The van der Waals surface area contributed by atoms with Crippen LogP contribution in [0.4, 0.5) is 0 Å². The van der Waals surface area contributed by atoms with Crippen LogP contribution in [0, 0.1) is 23.7 Å². The quantitative estimate of drug-likeness (QED) is 0.140. The molecule has 0 N–H and O–H groups in total. The summed E-state index contributed by atoms with van der Waals surface area (Å²) in [5, 5.41) is 0.317. The predicted molar refractivity (Wildman–Crippen MR) is 296 cm³/mol. The molecule has 0 aromatic heterocycles. The second kappa shape index (κ2) is 15.8. The van der Waals surface area contributed by atoms with E-state index in [1.54, 1.807) is 32.1 Å². The molecule has 0 aromatic rings. The van der Waals surface area contributed by atoms with Crippen molar-refractivity contribution in [3.63, 3.8) is 0 Å². The highest BCUT2D eigenvalue weighted by atomic mass is 29.6. The van der Waals surface area contributed by atoms with Crippen molar-refractivity contribution in [2.24, 2.45) is 23.7 Å². The molecule has 0 unspecified atom stereocenters. The Kier molecular flexibility index (Phi) is 14.4. The SMILES string of the molecule is CC(C)[Si](C([Si](C)(C)C)[Si](C)(C)C)(C([Si](C)(C)C)[Si](C)(C)C)[Si]1=[Si]([Si](C(C)C)(C([Si](C)(C)C)[Si](C)(C)C)C([Si](C)(C)C)[Si](C)(C)C)C2(O1)C1CC3CC(C1)CC2C3. The Morgan fingerprint density at radius 2 is 0.596 bits per heavy atom. The Morgan fingerprint density at radius 1 is 0.368 bits per heavy atom. The van der Waals surface area contributed by atoms with Gasteiger partial charge in [0.15, 0.2) is 7.65 Å². The zero-order valence-corrected chi connectivity index (χ0v) is 56.2. The number of hydrogen-bond acceptors (Lipinski definition) is 1.